The first kappa shape index (κ1) is 15.7. The minimum absolute atomic E-state index is 0.0812. The third-order valence-electron chi connectivity index (χ3n) is 5.61. The highest BCUT2D eigenvalue weighted by atomic mass is 16.3. The maximum absolute atomic E-state index is 12.4. The van der Waals surface area contributed by atoms with Gasteiger partial charge in [-0.25, -0.2) is 0 Å². The first-order valence-electron chi connectivity index (χ1n) is 9.33. The van der Waals surface area contributed by atoms with Gasteiger partial charge in [0.2, 0.25) is 0 Å². The highest BCUT2D eigenvalue weighted by molar-refractivity contribution is 5.96. The van der Waals surface area contributed by atoms with Gasteiger partial charge in [-0.15, -0.1) is 0 Å². The van der Waals surface area contributed by atoms with E-state index in [1.807, 2.05) is 30.3 Å². The molecule has 4 nitrogen and oxygen atoms in total. The lowest BCUT2D eigenvalue weighted by Crippen LogP contribution is -2.48. The van der Waals surface area contributed by atoms with Crippen molar-refractivity contribution in [3.8, 4) is 0 Å². The van der Waals surface area contributed by atoms with E-state index in [4.69, 9.17) is 4.42 Å². The molecule has 4 heteroatoms. The fourth-order valence-electron chi connectivity index (χ4n) is 4.21. The number of fused-ring (bicyclic) bond motifs is 1. The Labute approximate surface area is 143 Å². The monoisotopic (exact) mass is 326 g/mol. The van der Waals surface area contributed by atoms with E-state index in [1.54, 1.807) is 0 Å². The van der Waals surface area contributed by atoms with Crippen LogP contribution < -0.4 is 5.32 Å². The number of benzene rings is 1. The molecule has 1 N–H and O–H groups in total. The molecule has 2 aromatic rings. The summed E-state index contributed by atoms with van der Waals surface area (Å²) in [5, 5.41) is 4.14. The van der Waals surface area contributed by atoms with Crippen molar-refractivity contribution in [1.29, 1.82) is 0 Å². The molecule has 1 saturated carbocycles. The number of carbonyl (C=O) groups excluding carboxylic acids is 1. The molecule has 0 spiro atoms. The molecule has 1 aliphatic heterocycles. The first-order chi connectivity index (χ1) is 11.8. The van der Waals surface area contributed by atoms with Crippen molar-refractivity contribution in [2.45, 2.75) is 57.0 Å². The van der Waals surface area contributed by atoms with Crippen LogP contribution in [0.5, 0.6) is 0 Å². The Bertz CT molecular complexity index is 661. The number of likely N-dealkylation sites (tertiary alicyclic amines) is 1. The van der Waals surface area contributed by atoms with E-state index in [9.17, 15) is 4.79 Å². The zero-order chi connectivity index (χ0) is 16.4. The molecule has 24 heavy (non-hydrogen) atoms. The maximum Gasteiger partial charge on any atom is 0.287 e. The minimum Gasteiger partial charge on any atom is -0.451 e. The van der Waals surface area contributed by atoms with Crippen molar-refractivity contribution in [2.24, 2.45) is 0 Å². The van der Waals surface area contributed by atoms with Gasteiger partial charge >= 0.3 is 0 Å². The Morgan fingerprint density at radius 2 is 1.79 bits per heavy atom. The predicted molar refractivity (Wildman–Crippen MR) is 95.1 cm³/mol. The topological polar surface area (TPSA) is 45.5 Å². The minimum atomic E-state index is -0.0812. The van der Waals surface area contributed by atoms with Crippen LogP contribution >= 0.6 is 0 Å². The molecule has 0 radical (unpaired) electrons. The van der Waals surface area contributed by atoms with E-state index in [1.165, 1.54) is 32.1 Å². The summed E-state index contributed by atoms with van der Waals surface area (Å²) < 4.78 is 5.67. The van der Waals surface area contributed by atoms with Gasteiger partial charge in [-0.05, 0) is 37.8 Å². The first-order valence-corrected chi connectivity index (χ1v) is 9.33. The molecular formula is C20H26N2O2. The number of nitrogens with zero attached hydrogens (tertiary/aromatic N) is 1. The Kier molecular flexibility index (Phi) is 4.56. The third kappa shape index (κ3) is 3.34. The molecule has 1 saturated heterocycles. The van der Waals surface area contributed by atoms with Crippen LogP contribution in [-0.4, -0.2) is 36.0 Å². The Hall–Kier alpha value is -1.81. The molecule has 0 bridgehead atoms. The average Bonchev–Trinajstić information content (AvgIpc) is 3.07. The maximum atomic E-state index is 12.4. The average molecular weight is 326 g/mol. The number of carbonyl (C=O) groups is 1. The zero-order valence-electron chi connectivity index (χ0n) is 14.2. The summed E-state index contributed by atoms with van der Waals surface area (Å²) in [7, 11) is 0. The smallest absolute Gasteiger partial charge is 0.287 e. The number of hydrogen-bond donors (Lipinski definition) is 1. The van der Waals surface area contributed by atoms with Crippen LogP contribution in [0.3, 0.4) is 0 Å². The SMILES string of the molecule is O=C(NC1CCN(C2CCCCC2)CC1)c1cc2ccccc2o1. The molecule has 0 unspecified atom stereocenters. The Morgan fingerprint density at radius 3 is 2.54 bits per heavy atom. The van der Waals surface area contributed by atoms with Crippen molar-refractivity contribution in [3.63, 3.8) is 0 Å². The zero-order valence-corrected chi connectivity index (χ0v) is 14.2. The van der Waals surface area contributed by atoms with Crippen LogP contribution in [0, 0.1) is 0 Å². The van der Waals surface area contributed by atoms with E-state index in [0.717, 1.165) is 42.9 Å². The van der Waals surface area contributed by atoms with Crippen molar-refractivity contribution in [3.05, 3.63) is 36.1 Å². The second-order valence-corrected chi connectivity index (χ2v) is 7.22. The summed E-state index contributed by atoms with van der Waals surface area (Å²) in [6.45, 7) is 2.21. The number of amides is 1. The van der Waals surface area contributed by atoms with E-state index in [0.29, 0.717) is 5.76 Å². The summed E-state index contributed by atoms with van der Waals surface area (Å²) in [4.78, 5) is 15.1. The second kappa shape index (κ2) is 6.98. The standard InChI is InChI=1S/C20H26N2O2/c23-20(19-14-15-6-4-5-9-18(15)24-19)21-16-10-12-22(13-11-16)17-7-2-1-3-8-17/h4-6,9,14,16-17H,1-3,7-8,10-13H2,(H,21,23). The normalized spacial score (nSPS) is 21.2. The van der Waals surface area contributed by atoms with Gasteiger partial charge in [0.05, 0.1) is 0 Å². The number of furan rings is 1. The fourth-order valence-corrected chi connectivity index (χ4v) is 4.21. The van der Waals surface area contributed by atoms with Gasteiger partial charge in [0.15, 0.2) is 5.76 Å². The fraction of sp³-hybridized carbons (Fsp3) is 0.550. The van der Waals surface area contributed by atoms with Crippen LogP contribution in [0.25, 0.3) is 11.0 Å². The van der Waals surface area contributed by atoms with E-state index in [-0.39, 0.29) is 11.9 Å². The number of para-hydroxylation sites is 1. The third-order valence-corrected chi connectivity index (χ3v) is 5.61. The van der Waals surface area contributed by atoms with Crippen LogP contribution in [0.1, 0.15) is 55.5 Å². The van der Waals surface area contributed by atoms with E-state index >= 15 is 0 Å². The number of piperidine rings is 1. The van der Waals surface area contributed by atoms with Gasteiger partial charge in [-0.1, -0.05) is 37.5 Å². The van der Waals surface area contributed by atoms with Crippen LogP contribution in [0.2, 0.25) is 0 Å². The molecule has 0 atom stereocenters. The van der Waals surface area contributed by atoms with E-state index < -0.39 is 0 Å². The second-order valence-electron chi connectivity index (χ2n) is 7.22. The highest BCUT2D eigenvalue weighted by Crippen LogP contribution is 2.25. The summed E-state index contributed by atoms with van der Waals surface area (Å²) >= 11 is 0. The van der Waals surface area contributed by atoms with Gasteiger partial charge in [-0.3, -0.25) is 4.79 Å². The molecule has 1 amide bonds. The van der Waals surface area contributed by atoms with Gasteiger partial charge in [0.1, 0.15) is 5.58 Å². The lowest BCUT2D eigenvalue weighted by Gasteiger charge is -2.39. The van der Waals surface area contributed by atoms with Crippen molar-refractivity contribution >= 4 is 16.9 Å². The molecule has 128 valence electrons. The van der Waals surface area contributed by atoms with Crippen molar-refractivity contribution in [1.82, 2.24) is 10.2 Å². The van der Waals surface area contributed by atoms with Crippen LogP contribution in [0.15, 0.2) is 34.7 Å². The molecule has 1 aromatic carbocycles. The summed E-state index contributed by atoms with van der Waals surface area (Å²) in [5.74, 6) is 0.341. The summed E-state index contributed by atoms with van der Waals surface area (Å²) in [6, 6.07) is 10.6. The molecule has 2 fully saturated rings. The molecule has 2 heterocycles. The molecule has 4 rings (SSSR count). The number of hydrogen-bond acceptors (Lipinski definition) is 3. The van der Waals surface area contributed by atoms with E-state index in [2.05, 4.69) is 10.2 Å². The van der Waals surface area contributed by atoms with Crippen molar-refractivity contribution in [2.75, 3.05) is 13.1 Å². The van der Waals surface area contributed by atoms with Gasteiger partial charge in [0.25, 0.3) is 5.91 Å². The van der Waals surface area contributed by atoms with Crippen LogP contribution in [-0.2, 0) is 0 Å². The van der Waals surface area contributed by atoms with Crippen molar-refractivity contribution < 1.29 is 9.21 Å². The summed E-state index contributed by atoms with van der Waals surface area (Å²) in [5.41, 5.74) is 0.773. The number of rotatable bonds is 3. The van der Waals surface area contributed by atoms with Gasteiger partial charge in [-0.2, -0.15) is 0 Å². The van der Waals surface area contributed by atoms with Gasteiger partial charge < -0.3 is 14.6 Å². The molecule has 2 aliphatic rings. The Morgan fingerprint density at radius 1 is 1.04 bits per heavy atom. The highest BCUT2D eigenvalue weighted by Gasteiger charge is 2.27. The number of nitrogens with one attached hydrogen (secondary N) is 1. The Balaban J connectivity index is 1.32. The predicted octanol–water partition coefficient (Wildman–Crippen LogP) is 3.96. The lowest BCUT2D eigenvalue weighted by atomic mass is 9.92. The lowest BCUT2D eigenvalue weighted by molar-refractivity contribution is 0.0842. The van der Waals surface area contributed by atoms with Crippen LogP contribution in [0.4, 0.5) is 0 Å². The summed E-state index contributed by atoms with van der Waals surface area (Å²) in [6.07, 6.45) is 8.97. The molecule has 1 aliphatic carbocycles. The quantitative estimate of drug-likeness (QED) is 0.928. The van der Waals surface area contributed by atoms with Gasteiger partial charge in [0, 0.05) is 30.6 Å². The molecular weight excluding hydrogens is 300 g/mol. The molecule has 1 aromatic heterocycles. The largest absolute Gasteiger partial charge is 0.451 e.